The Labute approximate surface area is 317 Å². The van der Waals surface area contributed by atoms with Crippen molar-refractivity contribution in [2.45, 2.75) is 0 Å². The van der Waals surface area contributed by atoms with Gasteiger partial charge in [0.25, 0.3) is 0 Å². The molecule has 11 aromatic rings. The lowest BCUT2D eigenvalue weighted by Gasteiger charge is -2.29. The van der Waals surface area contributed by atoms with Crippen molar-refractivity contribution in [3.8, 4) is 33.4 Å². The first-order chi connectivity index (χ1) is 27.3. The first-order valence-electron chi connectivity index (χ1n) is 18.7. The van der Waals surface area contributed by atoms with E-state index in [1.807, 2.05) is 24.3 Å². The van der Waals surface area contributed by atoms with E-state index in [1.165, 1.54) is 21.9 Å². The summed E-state index contributed by atoms with van der Waals surface area (Å²) in [7, 11) is 0. The fourth-order valence-corrected chi connectivity index (χ4v) is 8.40. The van der Waals surface area contributed by atoms with E-state index in [0.717, 1.165) is 83.2 Å². The van der Waals surface area contributed by atoms with E-state index >= 15 is 0 Å². The largest absolute Gasteiger partial charge is 0.456 e. The van der Waals surface area contributed by atoms with Crippen LogP contribution in [-0.2, 0) is 0 Å². The van der Waals surface area contributed by atoms with Crippen LogP contribution in [0.5, 0.6) is 0 Å². The van der Waals surface area contributed by atoms with Gasteiger partial charge >= 0.3 is 0 Å². The molecule has 3 nitrogen and oxygen atoms in total. The summed E-state index contributed by atoms with van der Waals surface area (Å²) in [6.45, 7) is 0. The molecule has 11 rings (SSSR count). The molecule has 2 heterocycles. The van der Waals surface area contributed by atoms with Crippen molar-refractivity contribution >= 4 is 71.7 Å². The number of anilines is 3. The highest BCUT2D eigenvalue weighted by molar-refractivity contribution is 6.15. The zero-order valence-electron chi connectivity index (χ0n) is 29.8. The van der Waals surface area contributed by atoms with E-state index in [0.29, 0.717) is 0 Å². The molecular formula is C52H33NO2. The van der Waals surface area contributed by atoms with Gasteiger partial charge in [0.05, 0.1) is 16.8 Å². The van der Waals surface area contributed by atoms with E-state index in [9.17, 15) is 0 Å². The second-order valence-corrected chi connectivity index (χ2v) is 14.0. The second kappa shape index (κ2) is 12.6. The van der Waals surface area contributed by atoms with Gasteiger partial charge in [-0.1, -0.05) is 146 Å². The molecule has 0 N–H and O–H groups in total. The van der Waals surface area contributed by atoms with Crippen molar-refractivity contribution in [1.82, 2.24) is 0 Å². The van der Waals surface area contributed by atoms with Crippen LogP contribution in [0.4, 0.5) is 17.1 Å². The summed E-state index contributed by atoms with van der Waals surface area (Å²) >= 11 is 0. The van der Waals surface area contributed by atoms with Crippen LogP contribution in [0.25, 0.3) is 88.0 Å². The molecular weight excluding hydrogens is 671 g/mol. The van der Waals surface area contributed by atoms with Gasteiger partial charge in [-0.15, -0.1) is 0 Å². The number of para-hydroxylation sites is 3. The number of fused-ring (bicyclic) bond motifs is 7. The van der Waals surface area contributed by atoms with Crippen molar-refractivity contribution in [1.29, 1.82) is 0 Å². The quantitative estimate of drug-likeness (QED) is 0.173. The lowest BCUT2D eigenvalue weighted by Crippen LogP contribution is -2.11. The van der Waals surface area contributed by atoms with Gasteiger partial charge in [0.1, 0.15) is 22.3 Å². The summed E-state index contributed by atoms with van der Waals surface area (Å²) in [6.07, 6.45) is 0. The second-order valence-electron chi connectivity index (χ2n) is 14.0. The molecule has 0 fully saturated rings. The molecule has 0 aliphatic heterocycles. The minimum Gasteiger partial charge on any atom is -0.456 e. The summed E-state index contributed by atoms with van der Waals surface area (Å²) in [5.41, 5.74) is 13.6. The van der Waals surface area contributed by atoms with Crippen molar-refractivity contribution in [3.63, 3.8) is 0 Å². The predicted molar refractivity (Wildman–Crippen MR) is 229 cm³/mol. The molecule has 55 heavy (non-hydrogen) atoms. The monoisotopic (exact) mass is 703 g/mol. The molecule has 9 aromatic carbocycles. The average Bonchev–Trinajstić information content (AvgIpc) is 3.83. The van der Waals surface area contributed by atoms with Gasteiger partial charge in [0.2, 0.25) is 0 Å². The summed E-state index contributed by atoms with van der Waals surface area (Å²) in [5, 5.41) is 6.90. The number of rotatable bonds is 6. The van der Waals surface area contributed by atoms with Crippen LogP contribution in [0, 0.1) is 0 Å². The lowest BCUT2D eigenvalue weighted by atomic mass is 9.94. The maximum absolute atomic E-state index is 6.44. The van der Waals surface area contributed by atoms with Gasteiger partial charge in [-0.05, 0) is 93.2 Å². The first kappa shape index (κ1) is 31.2. The van der Waals surface area contributed by atoms with Gasteiger partial charge in [0, 0.05) is 27.4 Å². The normalized spacial score (nSPS) is 11.6. The number of hydrogen-bond donors (Lipinski definition) is 0. The van der Waals surface area contributed by atoms with E-state index in [4.69, 9.17) is 8.83 Å². The Bertz CT molecular complexity index is 3220. The summed E-state index contributed by atoms with van der Waals surface area (Å²) in [6, 6.07) is 71.0. The highest BCUT2D eigenvalue weighted by atomic mass is 16.3. The number of benzene rings is 9. The van der Waals surface area contributed by atoms with Crippen molar-refractivity contribution in [2.75, 3.05) is 4.90 Å². The van der Waals surface area contributed by atoms with Gasteiger partial charge in [-0.3, -0.25) is 0 Å². The Kier molecular flexibility index (Phi) is 7.17. The van der Waals surface area contributed by atoms with E-state index < -0.39 is 0 Å². The number of nitrogens with zero attached hydrogens (tertiary/aromatic N) is 1. The summed E-state index contributed by atoms with van der Waals surface area (Å²) in [4.78, 5) is 2.39. The maximum atomic E-state index is 6.44. The fourth-order valence-electron chi connectivity index (χ4n) is 8.40. The lowest BCUT2D eigenvalue weighted by molar-refractivity contribution is 0.668. The van der Waals surface area contributed by atoms with Gasteiger partial charge in [0.15, 0.2) is 0 Å². The van der Waals surface area contributed by atoms with Crippen LogP contribution < -0.4 is 4.90 Å². The average molecular weight is 704 g/mol. The molecule has 0 atom stereocenters. The van der Waals surface area contributed by atoms with Crippen LogP contribution in [-0.4, -0.2) is 0 Å². The molecule has 0 saturated heterocycles. The van der Waals surface area contributed by atoms with Crippen molar-refractivity contribution < 1.29 is 8.83 Å². The Balaban J connectivity index is 1.11. The molecule has 258 valence electrons. The maximum Gasteiger partial charge on any atom is 0.137 e. The van der Waals surface area contributed by atoms with E-state index in [1.54, 1.807) is 0 Å². The third kappa shape index (κ3) is 5.13. The molecule has 0 unspecified atom stereocenters. The Morgan fingerprint density at radius 2 is 0.818 bits per heavy atom. The molecule has 0 aliphatic rings. The molecule has 0 radical (unpaired) electrons. The Morgan fingerprint density at radius 1 is 0.309 bits per heavy atom. The van der Waals surface area contributed by atoms with Gasteiger partial charge in [-0.25, -0.2) is 0 Å². The van der Waals surface area contributed by atoms with Crippen molar-refractivity contribution in [2.24, 2.45) is 0 Å². The molecule has 0 amide bonds. The minimum absolute atomic E-state index is 0.856. The Hall–Kier alpha value is -7.36. The SMILES string of the molecule is c1cc(-c2ccccc2N(c2ccc(-c3cccc4oc5ccccc5c34)cc2)c2cccc3oc4ccccc4c23)cc(-c2cccc3ccccc23)c1. The van der Waals surface area contributed by atoms with Crippen LogP contribution in [0.3, 0.4) is 0 Å². The number of furan rings is 2. The zero-order chi connectivity index (χ0) is 36.3. The van der Waals surface area contributed by atoms with Gasteiger partial charge < -0.3 is 13.7 Å². The van der Waals surface area contributed by atoms with Crippen LogP contribution in [0.2, 0.25) is 0 Å². The molecule has 0 aliphatic carbocycles. The molecule has 0 saturated carbocycles. The molecule has 3 heteroatoms. The highest BCUT2D eigenvalue weighted by Crippen LogP contribution is 2.47. The molecule has 0 spiro atoms. The van der Waals surface area contributed by atoms with Gasteiger partial charge in [-0.2, -0.15) is 0 Å². The predicted octanol–water partition coefficient (Wildman–Crippen LogP) is 15.1. The number of hydrogen-bond acceptors (Lipinski definition) is 3. The molecule has 2 aromatic heterocycles. The highest BCUT2D eigenvalue weighted by Gasteiger charge is 2.22. The van der Waals surface area contributed by atoms with E-state index in [2.05, 4.69) is 181 Å². The third-order valence-corrected chi connectivity index (χ3v) is 10.9. The topological polar surface area (TPSA) is 29.5 Å². The molecule has 0 bridgehead atoms. The fraction of sp³-hybridized carbons (Fsp3) is 0. The van der Waals surface area contributed by atoms with Crippen LogP contribution >= 0.6 is 0 Å². The third-order valence-electron chi connectivity index (χ3n) is 10.9. The minimum atomic E-state index is 0.856. The summed E-state index contributed by atoms with van der Waals surface area (Å²) in [5.74, 6) is 0. The summed E-state index contributed by atoms with van der Waals surface area (Å²) < 4.78 is 12.7. The smallest absolute Gasteiger partial charge is 0.137 e. The van der Waals surface area contributed by atoms with Crippen molar-refractivity contribution in [3.05, 3.63) is 200 Å². The van der Waals surface area contributed by atoms with E-state index in [-0.39, 0.29) is 0 Å². The van der Waals surface area contributed by atoms with Crippen LogP contribution in [0.15, 0.2) is 209 Å². The Morgan fingerprint density at radius 3 is 1.62 bits per heavy atom. The van der Waals surface area contributed by atoms with Crippen LogP contribution in [0.1, 0.15) is 0 Å². The standard InChI is InChI=1S/C52H33NO2/c1-2-17-39-34(13-1)14-10-21-40(39)36-15-9-16-37(33-36)41-18-3-6-23-45(41)53(46-24-12-28-50-52(46)44-20-5-8-26-48(44)55-50)38-31-29-35(30-32-38)42-22-11-27-49-51(42)43-19-4-7-25-47(43)54-49/h1-33H. The first-order valence-corrected chi connectivity index (χ1v) is 18.7. The zero-order valence-corrected chi connectivity index (χ0v) is 29.8.